The van der Waals surface area contributed by atoms with Crippen molar-refractivity contribution in [2.24, 2.45) is 0 Å². The molecule has 0 spiro atoms. The molecule has 0 saturated heterocycles. The number of anilines is 1. The zero-order valence-electron chi connectivity index (χ0n) is 19.1. The summed E-state index contributed by atoms with van der Waals surface area (Å²) in [5, 5.41) is 5.91. The minimum absolute atomic E-state index is 0.0656. The van der Waals surface area contributed by atoms with E-state index in [9.17, 15) is 13.2 Å². The Balaban J connectivity index is 1.86. The van der Waals surface area contributed by atoms with Gasteiger partial charge in [0.2, 0.25) is 15.7 Å². The molecule has 8 heteroatoms. The van der Waals surface area contributed by atoms with Crippen molar-refractivity contribution in [2.75, 3.05) is 26.1 Å². The van der Waals surface area contributed by atoms with Gasteiger partial charge in [0, 0.05) is 0 Å². The molecule has 3 rings (SSSR count). The number of carbonyl (C=O) groups is 1. The number of methoxy groups -OCH3 is 2. The van der Waals surface area contributed by atoms with E-state index in [1.54, 1.807) is 30.3 Å². The smallest absolute Gasteiger partial charge is 0.239 e. The van der Waals surface area contributed by atoms with Crippen LogP contribution in [-0.2, 0) is 14.6 Å². The second-order valence-electron chi connectivity index (χ2n) is 7.55. The molecule has 0 radical (unpaired) electrons. The Kier molecular flexibility index (Phi) is 7.60. The van der Waals surface area contributed by atoms with Crippen molar-refractivity contribution in [3.63, 3.8) is 0 Å². The highest BCUT2D eigenvalue weighted by molar-refractivity contribution is 7.91. The normalized spacial score (nSPS) is 12.0. The fourth-order valence-corrected chi connectivity index (χ4v) is 5.01. The molecule has 1 amide bonds. The van der Waals surface area contributed by atoms with Crippen LogP contribution in [0.25, 0.3) is 0 Å². The average Bonchev–Trinajstić information content (AvgIpc) is 2.82. The van der Waals surface area contributed by atoms with E-state index in [1.165, 1.54) is 20.3 Å². The van der Waals surface area contributed by atoms with Crippen LogP contribution >= 0.6 is 0 Å². The van der Waals surface area contributed by atoms with Gasteiger partial charge in [0.25, 0.3) is 0 Å². The molecule has 0 fully saturated rings. The van der Waals surface area contributed by atoms with Gasteiger partial charge in [-0.3, -0.25) is 4.79 Å². The Bertz CT molecular complexity index is 1210. The van der Waals surface area contributed by atoms with Gasteiger partial charge in [0.05, 0.1) is 37.4 Å². The zero-order chi connectivity index (χ0) is 24.0. The van der Waals surface area contributed by atoms with Gasteiger partial charge in [-0.1, -0.05) is 48.0 Å². The highest BCUT2D eigenvalue weighted by Crippen LogP contribution is 2.42. The van der Waals surface area contributed by atoms with Crippen LogP contribution in [0.15, 0.2) is 76.5 Å². The number of nitrogens with one attached hydrogen (secondary N) is 2. The molecule has 0 aliphatic heterocycles. The van der Waals surface area contributed by atoms with Crippen molar-refractivity contribution in [3.8, 4) is 11.5 Å². The van der Waals surface area contributed by atoms with Crippen LogP contribution in [0.4, 0.5) is 5.69 Å². The van der Waals surface area contributed by atoms with Crippen molar-refractivity contribution in [2.45, 2.75) is 29.7 Å². The topological polar surface area (TPSA) is 93.7 Å². The monoisotopic (exact) mass is 468 g/mol. The Labute approximate surface area is 194 Å². The molecule has 0 bridgehead atoms. The molecule has 0 saturated carbocycles. The van der Waals surface area contributed by atoms with Crippen molar-refractivity contribution >= 4 is 21.4 Å². The highest BCUT2D eigenvalue weighted by atomic mass is 32.2. The summed E-state index contributed by atoms with van der Waals surface area (Å²) in [6.07, 6.45) is 0. The van der Waals surface area contributed by atoms with Gasteiger partial charge in [-0.25, -0.2) is 8.42 Å². The quantitative estimate of drug-likeness (QED) is 0.490. The number of sulfone groups is 1. The first-order valence-corrected chi connectivity index (χ1v) is 11.9. The second kappa shape index (κ2) is 10.4. The number of hydrogen-bond acceptors (Lipinski definition) is 6. The number of rotatable bonds is 9. The van der Waals surface area contributed by atoms with Crippen LogP contribution in [0.3, 0.4) is 0 Å². The predicted octanol–water partition coefficient (Wildman–Crippen LogP) is 4.13. The van der Waals surface area contributed by atoms with Crippen LogP contribution in [0, 0.1) is 6.92 Å². The molecule has 3 aromatic carbocycles. The molecular formula is C25H28N2O5S. The second-order valence-corrected chi connectivity index (χ2v) is 9.43. The minimum Gasteiger partial charge on any atom is -0.495 e. The molecule has 3 aromatic rings. The largest absolute Gasteiger partial charge is 0.495 e. The molecule has 0 heterocycles. The van der Waals surface area contributed by atoms with Gasteiger partial charge >= 0.3 is 0 Å². The lowest BCUT2D eigenvalue weighted by Gasteiger charge is -2.19. The third kappa shape index (κ3) is 5.46. The molecule has 33 heavy (non-hydrogen) atoms. The summed E-state index contributed by atoms with van der Waals surface area (Å²) in [7, 11) is -1.17. The number of amides is 1. The molecular weight excluding hydrogens is 440 g/mol. The van der Waals surface area contributed by atoms with E-state index in [0.717, 1.165) is 11.1 Å². The Hall–Kier alpha value is -3.52. The Morgan fingerprint density at radius 3 is 2.21 bits per heavy atom. The standard InChI is InChI=1S/C25H28N2O5S/c1-17-10-12-20(13-11-17)33(29,30)25-22(31-3)15-14-21(24(25)32-4)26-16-23(28)27-18(2)19-8-6-5-7-9-19/h5-15,18,26H,16H2,1-4H3,(H,27,28). The number of benzene rings is 3. The lowest BCUT2D eigenvalue weighted by atomic mass is 10.1. The summed E-state index contributed by atoms with van der Waals surface area (Å²) in [4.78, 5) is 12.5. The fraction of sp³-hybridized carbons (Fsp3) is 0.240. The molecule has 7 nitrogen and oxygen atoms in total. The molecule has 1 unspecified atom stereocenters. The third-order valence-electron chi connectivity index (χ3n) is 5.22. The van der Waals surface area contributed by atoms with Crippen LogP contribution in [-0.4, -0.2) is 35.1 Å². The Morgan fingerprint density at radius 1 is 0.939 bits per heavy atom. The number of aryl methyl sites for hydroxylation is 1. The van der Waals surface area contributed by atoms with Gasteiger partial charge in [-0.15, -0.1) is 0 Å². The number of carbonyl (C=O) groups excluding carboxylic acids is 1. The molecule has 0 aliphatic rings. The lowest BCUT2D eigenvalue weighted by molar-refractivity contribution is -0.120. The van der Waals surface area contributed by atoms with Crippen molar-refractivity contribution in [3.05, 3.63) is 77.9 Å². The van der Waals surface area contributed by atoms with E-state index < -0.39 is 9.84 Å². The van der Waals surface area contributed by atoms with E-state index in [0.29, 0.717) is 5.69 Å². The van der Waals surface area contributed by atoms with Crippen molar-refractivity contribution in [1.82, 2.24) is 5.32 Å². The van der Waals surface area contributed by atoms with Gasteiger partial charge in [-0.2, -0.15) is 0 Å². The van der Waals surface area contributed by atoms with Gasteiger partial charge in [0.15, 0.2) is 10.6 Å². The number of ether oxygens (including phenoxy) is 2. The summed E-state index contributed by atoms with van der Waals surface area (Å²) in [6, 6.07) is 19.1. The first kappa shape index (κ1) is 24.1. The maximum atomic E-state index is 13.4. The number of hydrogen-bond donors (Lipinski definition) is 2. The first-order valence-electron chi connectivity index (χ1n) is 10.4. The van der Waals surface area contributed by atoms with Crippen LogP contribution < -0.4 is 20.1 Å². The highest BCUT2D eigenvalue weighted by Gasteiger charge is 2.29. The minimum atomic E-state index is -3.95. The molecule has 1 atom stereocenters. The summed E-state index contributed by atoms with van der Waals surface area (Å²) >= 11 is 0. The van der Waals surface area contributed by atoms with Gasteiger partial charge in [-0.05, 0) is 43.7 Å². The summed E-state index contributed by atoms with van der Waals surface area (Å²) in [6.45, 7) is 3.71. The maximum Gasteiger partial charge on any atom is 0.239 e. The maximum absolute atomic E-state index is 13.4. The summed E-state index contributed by atoms with van der Waals surface area (Å²) < 4.78 is 37.7. The van der Waals surface area contributed by atoms with Crippen LogP contribution in [0.1, 0.15) is 24.1 Å². The van der Waals surface area contributed by atoms with E-state index in [1.807, 2.05) is 44.2 Å². The molecule has 174 valence electrons. The van der Waals surface area contributed by atoms with Crippen molar-refractivity contribution in [1.29, 1.82) is 0 Å². The Morgan fingerprint density at radius 2 is 1.61 bits per heavy atom. The molecule has 2 N–H and O–H groups in total. The fourth-order valence-electron chi connectivity index (χ4n) is 3.43. The van der Waals surface area contributed by atoms with Gasteiger partial charge < -0.3 is 20.1 Å². The first-order chi connectivity index (χ1) is 15.8. The predicted molar refractivity (Wildman–Crippen MR) is 128 cm³/mol. The molecule has 0 aliphatic carbocycles. The van der Waals surface area contributed by atoms with Crippen LogP contribution in [0.2, 0.25) is 0 Å². The van der Waals surface area contributed by atoms with E-state index >= 15 is 0 Å². The summed E-state index contributed by atoms with van der Waals surface area (Å²) in [5.41, 5.74) is 2.30. The average molecular weight is 469 g/mol. The SMILES string of the molecule is COc1ccc(NCC(=O)NC(C)c2ccccc2)c(OC)c1S(=O)(=O)c1ccc(C)cc1. The molecule has 0 aromatic heterocycles. The summed E-state index contributed by atoms with van der Waals surface area (Å²) in [5.74, 6) is -0.00822. The third-order valence-corrected chi connectivity index (χ3v) is 7.03. The zero-order valence-corrected chi connectivity index (χ0v) is 19.9. The van der Waals surface area contributed by atoms with Crippen molar-refractivity contribution < 1.29 is 22.7 Å². The van der Waals surface area contributed by atoms with E-state index in [4.69, 9.17) is 9.47 Å². The van der Waals surface area contributed by atoms with E-state index in [-0.39, 0.29) is 39.8 Å². The van der Waals surface area contributed by atoms with E-state index in [2.05, 4.69) is 10.6 Å². The lowest BCUT2D eigenvalue weighted by Crippen LogP contribution is -2.32. The van der Waals surface area contributed by atoms with Gasteiger partial charge in [0.1, 0.15) is 5.75 Å². The van der Waals surface area contributed by atoms with Crippen LogP contribution in [0.5, 0.6) is 11.5 Å².